The molecular formula is C16H24N2. The smallest absolute Gasteiger partial charge is 0.0145 e. The second-order valence-electron chi connectivity index (χ2n) is 5.90. The maximum absolute atomic E-state index is 3.84. The number of rotatable bonds is 4. The van der Waals surface area contributed by atoms with Crippen LogP contribution in [0, 0.1) is 5.92 Å². The monoisotopic (exact) mass is 244 g/mol. The average Bonchev–Trinajstić information content (AvgIpc) is 3.20. The molecule has 1 saturated heterocycles. The van der Waals surface area contributed by atoms with Gasteiger partial charge in [-0.2, -0.15) is 0 Å². The Labute approximate surface area is 110 Å². The molecule has 1 aromatic carbocycles. The molecule has 1 aromatic rings. The van der Waals surface area contributed by atoms with Crippen LogP contribution in [0.2, 0.25) is 0 Å². The molecule has 3 rings (SSSR count). The molecular weight excluding hydrogens is 220 g/mol. The van der Waals surface area contributed by atoms with Crippen LogP contribution in [0.4, 0.5) is 0 Å². The number of benzene rings is 1. The van der Waals surface area contributed by atoms with Crippen LogP contribution >= 0.6 is 0 Å². The summed E-state index contributed by atoms with van der Waals surface area (Å²) in [6, 6.07) is 12.3. The first-order valence-electron chi connectivity index (χ1n) is 7.36. The molecule has 0 aromatic heterocycles. The number of hydrogen-bond acceptors (Lipinski definition) is 2. The Kier molecular flexibility index (Phi) is 3.67. The SMILES string of the molecule is CC(NC1CC1c1ccccc1)C1CCNCC1. The van der Waals surface area contributed by atoms with Gasteiger partial charge < -0.3 is 10.6 Å². The molecule has 2 nitrogen and oxygen atoms in total. The van der Waals surface area contributed by atoms with Crippen LogP contribution in [0.15, 0.2) is 30.3 Å². The van der Waals surface area contributed by atoms with Crippen LogP contribution in [0.5, 0.6) is 0 Å². The van der Waals surface area contributed by atoms with Crippen molar-refractivity contribution < 1.29 is 0 Å². The van der Waals surface area contributed by atoms with E-state index in [1.807, 2.05) is 0 Å². The highest BCUT2D eigenvalue weighted by atomic mass is 15.0. The highest BCUT2D eigenvalue weighted by molar-refractivity contribution is 5.27. The van der Waals surface area contributed by atoms with Gasteiger partial charge in [0.05, 0.1) is 0 Å². The van der Waals surface area contributed by atoms with Crippen molar-refractivity contribution >= 4 is 0 Å². The van der Waals surface area contributed by atoms with Gasteiger partial charge in [0.1, 0.15) is 0 Å². The fraction of sp³-hybridized carbons (Fsp3) is 0.625. The third-order valence-corrected chi connectivity index (χ3v) is 4.59. The van der Waals surface area contributed by atoms with Gasteiger partial charge in [-0.15, -0.1) is 0 Å². The number of hydrogen-bond donors (Lipinski definition) is 2. The lowest BCUT2D eigenvalue weighted by Crippen LogP contribution is -2.41. The van der Waals surface area contributed by atoms with Gasteiger partial charge in [-0.3, -0.25) is 0 Å². The van der Waals surface area contributed by atoms with Crippen LogP contribution in [-0.4, -0.2) is 25.2 Å². The zero-order valence-electron chi connectivity index (χ0n) is 11.2. The standard InChI is InChI=1S/C16H24N2/c1-12(13-7-9-17-10-8-13)18-16-11-15(16)14-5-3-2-4-6-14/h2-6,12-13,15-18H,7-11H2,1H3. The van der Waals surface area contributed by atoms with Crippen LogP contribution in [0.1, 0.15) is 37.7 Å². The quantitative estimate of drug-likeness (QED) is 0.850. The molecule has 3 unspecified atom stereocenters. The van der Waals surface area contributed by atoms with Gasteiger partial charge in [-0.1, -0.05) is 30.3 Å². The fourth-order valence-corrected chi connectivity index (χ4v) is 3.27. The van der Waals surface area contributed by atoms with Crippen molar-refractivity contribution in [2.45, 2.75) is 44.2 Å². The van der Waals surface area contributed by atoms with E-state index in [2.05, 4.69) is 47.9 Å². The normalized spacial score (nSPS) is 30.1. The lowest BCUT2D eigenvalue weighted by atomic mass is 9.91. The lowest BCUT2D eigenvalue weighted by Gasteiger charge is -2.29. The zero-order valence-corrected chi connectivity index (χ0v) is 11.2. The van der Waals surface area contributed by atoms with Crippen LogP contribution < -0.4 is 10.6 Å². The molecule has 0 radical (unpaired) electrons. The topological polar surface area (TPSA) is 24.1 Å². The van der Waals surface area contributed by atoms with Crippen molar-refractivity contribution in [1.82, 2.24) is 10.6 Å². The van der Waals surface area contributed by atoms with Crippen molar-refractivity contribution in [2.75, 3.05) is 13.1 Å². The van der Waals surface area contributed by atoms with E-state index in [1.54, 1.807) is 0 Å². The first kappa shape index (κ1) is 12.2. The first-order chi connectivity index (χ1) is 8.84. The van der Waals surface area contributed by atoms with Gasteiger partial charge in [0.2, 0.25) is 0 Å². The molecule has 1 heterocycles. The Morgan fingerprint density at radius 2 is 1.89 bits per heavy atom. The predicted octanol–water partition coefficient (Wildman–Crippen LogP) is 2.52. The minimum atomic E-state index is 0.672. The summed E-state index contributed by atoms with van der Waals surface area (Å²) >= 11 is 0. The maximum Gasteiger partial charge on any atom is 0.0145 e. The third kappa shape index (κ3) is 2.76. The fourth-order valence-electron chi connectivity index (χ4n) is 3.27. The average molecular weight is 244 g/mol. The van der Waals surface area contributed by atoms with E-state index in [9.17, 15) is 0 Å². The molecule has 3 atom stereocenters. The summed E-state index contributed by atoms with van der Waals surface area (Å²) in [6.45, 7) is 4.77. The first-order valence-corrected chi connectivity index (χ1v) is 7.36. The van der Waals surface area contributed by atoms with E-state index in [4.69, 9.17) is 0 Å². The lowest BCUT2D eigenvalue weighted by molar-refractivity contribution is 0.291. The molecule has 2 N–H and O–H groups in total. The summed E-state index contributed by atoms with van der Waals surface area (Å²) < 4.78 is 0. The van der Waals surface area contributed by atoms with E-state index in [1.165, 1.54) is 37.9 Å². The molecule has 1 aliphatic heterocycles. The largest absolute Gasteiger partial charge is 0.317 e. The van der Waals surface area contributed by atoms with E-state index < -0.39 is 0 Å². The molecule has 2 fully saturated rings. The minimum absolute atomic E-state index is 0.672. The number of piperidine rings is 1. The highest BCUT2D eigenvalue weighted by Gasteiger charge is 2.39. The van der Waals surface area contributed by atoms with E-state index in [0.717, 1.165) is 17.9 Å². The van der Waals surface area contributed by atoms with E-state index >= 15 is 0 Å². The molecule has 0 spiro atoms. The van der Waals surface area contributed by atoms with Crippen LogP contribution in [0.3, 0.4) is 0 Å². The summed E-state index contributed by atoms with van der Waals surface area (Å²) in [4.78, 5) is 0. The van der Waals surface area contributed by atoms with Crippen molar-refractivity contribution in [3.8, 4) is 0 Å². The molecule has 18 heavy (non-hydrogen) atoms. The van der Waals surface area contributed by atoms with Gasteiger partial charge in [-0.05, 0) is 50.8 Å². The van der Waals surface area contributed by atoms with Gasteiger partial charge >= 0.3 is 0 Å². The van der Waals surface area contributed by atoms with E-state index in [-0.39, 0.29) is 0 Å². The van der Waals surface area contributed by atoms with Crippen LogP contribution in [-0.2, 0) is 0 Å². The highest BCUT2D eigenvalue weighted by Crippen LogP contribution is 2.41. The van der Waals surface area contributed by atoms with Gasteiger partial charge in [0.15, 0.2) is 0 Å². The summed E-state index contributed by atoms with van der Waals surface area (Å²) in [5, 5.41) is 7.29. The zero-order chi connectivity index (χ0) is 12.4. The maximum atomic E-state index is 3.84. The third-order valence-electron chi connectivity index (χ3n) is 4.59. The molecule has 0 bridgehead atoms. The summed E-state index contributed by atoms with van der Waals surface area (Å²) in [7, 11) is 0. The molecule has 98 valence electrons. The Bertz CT molecular complexity index is 370. The minimum Gasteiger partial charge on any atom is -0.317 e. The summed E-state index contributed by atoms with van der Waals surface area (Å²) in [5.74, 6) is 1.62. The van der Waals surface area contributed by atoms with Crippen molar-refractivity contribution in [2.24, 2.45) is 5.92 Å². The van der Waals surface area contributed by atoms with Gasteiger partial charge in [0.25, 0.3) is 0 Å². The molecule has 2 aliphatic rings. The Morgan fingerprint density at radius 3 is 2.61 bits per heavy atom. The van der Waals surface area contributed by atoms with Gasteiger partial charge in [0, 0.05) is 18.0 Å². The molecule has 2 heteroatoms. The van der Waals surface area contributed by atoms with Crippen LogP contribution in [0.25, 0.3) is 0 Å². The second kappa shape index (κ2) is 5.41. The van der Waals surface area contributed by atoms with Crippen molar-refractivity contribution in [3.05, 3.63) is 35.9 Å². The molecule has 1 saturated carbocycles. The van der Waals surface area contributed by atoms with Crippen molar-refractivity contribution in [3.63, 3.8) is 0 Å². The molecule has 0 amide bonds. The second-order valence-corrected chi connectivity index (χ2v) is 5.90. The Morgan fingerprint density at radius 1 is 1.17 bits per heavy atom. The predicted molar refractivity (Wildman–Crippen MR) is 75.8 cm³/mol. The molecule has 1 aliphatic carbocycles. The summed E-state index contributed by atoms with van der Waals surface area (Å²) in [6.07, 6.45) is 3.98. The summed E-state index contributed by atoms with van der Waals surface area (Å²) in [5.41, 5.74) is 1.51. The van der Waals surface area contributed by atoms with E-state index in [0.29, 0.717) is 6.04 Å². The van der Waals surface area contributed by atoms with Gasteiger partial charge in [-0.25, -0.2) is 0 Å². The number of nitrogens with one attached hydrogen (secondary N) is 2. The Balaban J connectivity index is 1.50. The Hall–Kier alpha value is -0.860. The van der Waals surface area contributed by atoms with Crippen molar-refractivity contribution in [1.29, 1.82) is 0 Å².